The molecule has 0 saturated carbocycles. The van der Waals surface area contributed by atoms with Gasteiger partial charge in [-0.2, -0.15) is 0 Å². The van der Waals surface area contributed by atoms with Crippen LogP contribution in [0.25, 0.3) is 0 Å². The van der Waals surface area contributed by atoms with Crippen LogP contribution in [0.3, 0.4) is 0 Å². The summed E-state index contributed by atoms with van der Waals surface area (Å²) >= 11 is 0. The lowest BCUT2D eigenvalue weighted by molar-refractivity contribution is 0.110. The maximum Gasteiger partial charge on any atom is 0.185 e. The first-order valence-electron chi connectivity index (χ1n) is 17.1. The van der Waals surface area contributed by atoms with Crippen LogP contribution in [0.2, 0.25) is 0 Å². The predicted octanol–water partition coefficient (Wildman–Crippen LogP) is 12.2. The zero-order valence-electron chi connectivity index (χ0n) is 31.0. The predicted molar refractivity (Wildman–Crippen MR) is 225 cm³/mol. The molecule has 2 fully saturated rings. The molecular weight excluding hydrogens is 644 g/mol. The first kappa shape index (κ1) is 50.6. The lowest BCUT2D eigenvalue weighted by Gasteiger charge is -1.95. The molecule has 2 aliphatic rings. The van der Waals surface area contributed by atoms with E-state index in [1.165, 1.54) is 38.2 Å². The van der Waals surface area contributed by atoms with E-state index >= 15 is 0 Å². The van der Waals surface area contributed by atoms with Gasteiger partial charge in [0.2, 0.25) is 0 Å². The Bertz CT molecular complexity index is 1080. The second-order valence-corrected chi connectivity index (χ2v) is 10.8. The summed E-state index contributed by atoms with van der Waals surface area (Å²) in [6, 6.07) is 14.2. The summed E-state index contributed by atoms with van der Waals surface area (Å²) in [6.45, 7) is 18.0. The van der Waals surface area contributed by atoms with Crippen LogP contribution in [-0.4, -0.2) is 66.5 Å². The lowest BCUT2D eigenvalue weighted by atomic mass is 10.2. The van der Waals surface area contributed by atoms with E-state index < -0.39 is 0 Å². The number of aliphatic hydroxyl groups excluding tert-OH is 3. The Labute approximate surface area is 320 Å². The molecule has 4 aromatic heterocycles. The fourth-order valence-corrected chi connectivity index (χ4v) is 3.43. The third kappa shape index (κ3) is 42.3. The van der Waals surface area contributed by atoms with Crippen molar-refractivity contribution in [3.63, 3.8) is 0 Å². The highest BCUT2D eigenvalue weighted by molar-refractivity contribution is 5.69. The molecule has 0 aromatic carbocycles. The molecule has 0 amide bonds. The highest BCUT2D eigenvalue weighted by atomic mass is 16.5. The fourth-order valence-electron chi connectivity index (χ4n) is 3.43. The summed E-state index contributed by atoms with van der Waals surface area (Å²) in [5.74, 6) is 1.95. The van der Waals surface area contributed by atoms with Crippen molar-refractivity contribution < 1.29 is 72.0 Å². The van der Waals surface area contributed by atoms with Gasteiger partial charge in [-0.05, 0) is 115 Å². The van der Waals surface area contributed by atoms with E-state index in [2.05, 4.69) is 36.4 Å². The van der Waals surface area contributed by atoms with Gasteiger partial charge in [0.1, 0.15) is 18.1 Å². The van der Waals surface area contributed by atoms with Crippen LogP contribution >= 0.6 is 0 Å². The van der Waals surface area contributed by atoms with Gasteiger partial charge in [-0.1, -0.05) is 26.7 Å². The Morgan fingerprint density at radius 2 is 1.34 bits per heavy atom. The zero-order chi connectivity index (χ0) is 38.1. The maximum atomic E-state index is 9.77. The average molecular weight is 736 g/mol. The third-order valence-corrected chi connectivity index (χ3v) is 5.88. The number of aryl methyl sites for hydroxylation is 1. The van der Waals surface area contributed by atoms with Gasteiger partial charge in [-0.15, -0.1) is 0 Å². The lowest BCUT2D eigenvalue weighted by Crippen LogP contribution is -1.95. The van der Waals surface area contributed by atoms with E-state index in [1.54, 1.807) is 43.1 Å². The van der Waals surface area contributed by atoms with Crippen molar-refractivity contribution >= 4 is 13.1 Å². The minimum Gasteiger partial charge on any atom is -0.545 e. The van der Waals surface area contributed by atoms with Crippen molar-refractivity contribution in [1.29, 1.82) is 0 Å². The quantitative estimate of drug-likeness (QED) is 0.127. The first-order valence-corrected chi connectivity index (χ1v) is 17.1. The molecule has 4 aromatic rings. The fraction of sp³-hybridized carbons (Fsp3) is 0.538. The SMILES string of the molecule is C1CCOC1.CC1CCCO1.CCCC(C)O.CCCC(C)O.Cc1ccco1.O=Cc1ccco1.OCc1ccco1.[CH-]=O.[HH].[HH].[HH].[HH].[HH].[HH].[HH].[HH].[HH].[HH].[HH].[HH].[HH].[HH].c1ccoc1. The summed E-state index contributed by atoms with van der Waals surface area (Å²) in [4.78, 5) is 17.5. The molecule has 0 spiro atoms. The molecule has 3 N–H and O–H groups in total. The number of carbonyl (C=O) groups excluding carboxylic acids is 2. The first-order chi connectivity index (χ1) is 24.2. The standard InChI is InChI=1S/C5H6O2.C5H4O2.C5H10O.C5H6O.2C5H12O.C4H8O.C4H4O.CHO.14H2/c2*6-4-5-2-1-3-7-5;2*1-5-3-2-4-6-5;2*1-3-4-5(2)6;2*1-2-4-5-3-1;1-2;;;;;;;;;;;;;;/h1-3,6H,4H2;1-4H;5H,2-4H2,1H3;2-4H,1H3;2*5-6H,3-4H2,1-2H3;1-4H2;1-4H;1H;14*1H/q;;;;;;;;-1;;;;;;;;;;;;;;. The van der Waals surface area contributed by atoms with Gasteiger partial charge in [0.05, 0.1) is 49.6 Å². The van der Waals surface area contributed by atoms with Gasteiger partial charge in [0.25, 0.3) is 0 Å². The molecule has 6 heterocycles. The molecule has 11 heteroatoms. The van der Waals surface area contributed by atoms with Crippen LogP contribution in [-0.2, 0) is 20.9 Å². The van der Waals surface area contributed by atoms with Crippen molar-refractivity contribution in [3.05, 3.63) is 97.1 Å². The molecule has 3 unspecified atom stereocenters. The monoisotopic (exact) mass is 736 g/mol. The van der Waals surface area contributed by atoms with E-state index in [1.807, 2.05) is 45.0 Å². The number of ether oxygens (including phenoxy) is 2. The van der Waals surface area contributed by atoms with Gasteiger partial charge in [0, 0.05) is 39.8 Å². The third-order valence-electron chi connectivity index (χ3n) is 5.88. The number of furan rings is 4. The Kier molecular flexibility index (Phi) is 42.0. The van der Waals surface area contributed by atoms with Crippen LogP contribution < -0.4 is 0 Å². The molecule has 2 aliphatic heterocycles. The number of aldehydes is 1. The van der Waals surface area contributed by atoms with Crippen molar-refractivity contribution in [2.45, 2.75) is 118 Å². The topological polar surface area (TPSA) is 166 Å². The van der Waals surface area contributed by atoms with Gasteiger partial charge in [-0.3, -0.25) is 11.6 Å². The van der Waals surface area contributed by atoms with Crippen LogP contribution in [0.1, 0.15) is 128 Å². The van der Waals surface area contributed by atoms with Gasteiger partial charge < -0.3 is 47.3 Å². The number of carbonyl (C=O) groups is 1. The molecule has 0 radical (unpaired) electrons. The summed E-state index contributed by atoms with van der Waals surface area (Å²) in [5.41, 5.74) is 0. The van der Waals surface area contributed by atoms with Crippen molar-refractivity contribution in [3.8, 4) is 0 Å². The largest absolute Gasteiger partial charge is 0.545 e. The second kappa shape index (κ2) is 41.4. The molecular formula is C39H91O11-. The zero-order valence-corrected chi connectivity index (χ0v) is 31.0. The van der Waals surface area contributed by atoms with E-state index in [0.717, 1.165) is 51.3 Å². The van der Waals surface area contributed by atoms with Crippen LogP contribution in [0, 0.1) is 6.92 Å². The Balaban J connectivity index is -0.0000000254. The molecule has 0 bridgehead atoms. The Morgan fingerprint density at radius 3 is 1.50 bits per heavy atom. The van der Waals surface area contributed by atoms with E-state index in [9.17, 15) is 4.79 Å². The minimum atomic E-state index is -0.102. The number of rotatable bonds is 6. The highest BCUT2D eigenvalue weighted by Gasteiger charge is 2.07. The Hall–Kier alpha value is -3.74. The number of hydrogen-bond donors (Lipinski definition) is 3. The van der Waals surface area contributed by atoms with Crippen molar-refractivity contribution in [1.82, 2.24) is 0 Å². The normalized spacial score (nSPS) is 14.5. The summed E-state index contributed by atoms with van der Waals surface area (Å²) in [7, 11) is 0. The molecule has 6 rings (SSSR count). The van der Waals surface area contributed by atoms with Gasteiger partial charge in [-0.25, -0.2) is 0 Å². The minimum absolute atomic E-state index is 0. The van der Waals surface area contributed by atoms with Crippen molar-refractivity contribution in [2.24, 2.45) is 0 Å². The van der Waals surface area contributed by atoms with Crippen LogP contribution in [0.15, 0.2) is 97.5 Å². The molecule has 3 atom stereocenters. The van der Waals surface area contributed by atoms with Gasteiger partial charge in [0.15, 0.2) is 12.0 Å². The average Bonchev–Trinajstić information content (AvgIpc) is 3.96. The number of hydrogen-bond acceptors (Lipinski definition) is 11. The highest BCUT2D eigenvalue weighted by Crippen LogP contribution is 2.09. The second-order valence-electron chi connectivity index (χ2n) is 10.8. The molecule has 50 heavy (non-hydrogen) atoms. The molecule has 314 valence electrons. The summed E-state index contributed by atoms with van der Waals surface area (Å²) < 4.78 is 28.9. The summed E-state index contributed by atoms with van der Waals surface area (Å²) in [6.07, 6.45) is 18.0. The van der Waals surface area contributed by atoms with E-state index in [-0.39, 0.29) is 38.8 Å². The smallest absolute Gasteiger partial charge is 0.185 e. The van der Waals surface area contributed by atoms with E-state index in [4.69, 9.17) is 38.4 Å². The molecule has 2 saturated heterocycles. The molecule has 0 aliphatic carbocycles. The van der Waals surface area contributed by atoms with E-state index in [0.29, 0.717) is 23.9 Å². The van der Waals surface area contributed by atoms with Gasteiger partial charge >= 0.3 is 0 Å². The molecule has 11 nitrogen and oxygen atoms in total. The van der Waals surface area contributed by atoms with Crippen molar-refractivity contribution in [2.75, 3.05) is 19.8 Å². The maximum absolute atomic E-state index is 9.77. The summed E-state index contributed by atoms with van der Waals surface area (Å²) in [5, 5.41) is 25.4. The van der Waals surface area contributed by atoms with Crippen LogP contribution in [0.5, 0.6) is 0 Å². The number of aliphatic hydroxyl groups is 3. The van der Waals surface area contributed by atoms with Crippen LogP contribution in [0.4, 0.5) is 0 Å². The Morgan fingerprint density at radius 1 is 0.800 bits per heavy atom.